The molecule has 0 radical (unpaired) electrons. The number of pyridine rings is 1. The summed E-state index contributed by atoms with van der Waals surface area (Å²) in [5.41, 5.74) is 3.23. The summed E-state index contributed by atoms with van der Waals surface area (Å²) in [4.78, 5) is 3.85. The van der Waals surface area contributed by atoms with Gasteiger partial charge in [0.2, 0.25) is 0 Å². The molecule has 0 amide bonds. The maximum Gasteiger partial charge on any atom is 0.265 e. The largest absolute Gasteiger partial charge is 0.307 e. The van der Waals surface area contributed by atoms with Gasteiger partial charge in [-0.1, -0.05) is 0 Å². The molecule has 0 bridgehead atoms. The Labute approximate surface area is 124 Å². The Kier molecular flexibility index (Phi) is 3.97. The van der Waals surface area contributed by atoms with Gasteiger partial charge in [0, 0.05) is 23.9 Å². The van der Waals surface area contributed by atoms with Crippen molar-refractivity contribution < 1.29 is 8.42 Å². The molecule has 0 aromatic carbocycles. The second-order valence-corrected chi connectivity index (χ2v) is 6.62. The Bertz CT molecular complexity index is 742. The molecule has 0 aliphatic carbocycles. The number of nitrogens with zero attached hydrogens (tertiary/aromatic N) is 3. The first-order valence-corrected chi connectivity index (χ1v) is 7.76. The Morgan fingerprint density at radius 3 is 2.70 bits per heavy atom. The summed E-state index contributed by atoms with van der Waals surface area (Å²) in [7, 11) is -2.12. The third-order valence-corrected chi connectivity index (χ3v) is 4.32. The molecule has 0 saturated heterocycles. The first kappa shape index (κ1) is 14.8. The monoisotopic (exact) mass is 360 g/mol. The zero-order valence-corrected chi connectivity index (χ0v) is 13.2. The summed E-state index contributed by atoms with van der Waals surface area (Å²) < 4.78 is 29.3. The van der Waals surface area contributed by atoms with Crippen molar-refractivity contribution >= 4 is 37.5 Å². The molecule has 0 saturated carbocycles. The van der Waals surface area contributed by atoms with E-state index in [1.165, 1.54) is 16.9 Å². The molecule has 2 rings (SSSR count). The summed E-state index contributed by atoms with van der Waals surface area (Å²) in [5, 5.41) is 4.07. The number of sulfonamides is 1. The Hall–Kier alpha value is -1.65. The van der Waals surface area contributed by atoms with Gasteiger partial charge in [0.05, 0.1) is 11.4 Å². The van der Waals surface area contributed by atoms with Crippen LogP contribution < -0.4 is 16.0 Å². The molecule has 2 heterocycles. The predicted octanol–water partition coefficient (Wildman–Crippen LogP) is 0.972. The summed E-state index contributed by atoms with van der Waals surface area (Å²) >= 11 is 3.18. The number of anilines is 2. The van der Waals surface area contributed by atoms with Gasteiger partial charge in [0.25, 0.3) is 10.0 Å². The van der Waals surface area contributed by atoms with Gasteiger partial charge in [-0.2, -0.15) is 5.10 Å². The Balaban J connectivity index is 2.45. The number of nitrogens with two attached hydrogens (primary N) is 1. The van der Waals surface area contributed by atoms with Crippen LogP contribution in [0.25, 0.3) is 0 Å². The second kappa shape index (κ2) is 5.38. The number of rotatable bonds is 4. The highest BCUT2D eigenvalue weighted by atomic mass is 79.9. The highest BCUT2D eigenvalue weighted by Gasteiger charge is 2.21. The number of hydrazine groups is 1. The summed E-state index contributed by atoms with van der Waals surface area (Å²) in [6, 6.07) is 1.41. The summed E-state index contributed by atoms with van der Waals surface area (Å²) in [6.45, 7) is 1.71. The molecular formula is C10H13BrN6O2S. The lowest BCUT2D eigenvalue weighted by molar-refractivity contribution is 0.601. The standard InChI is InChI=1S/C10H13BrN6O2S/c1-6-8(5-17(2)15-6)16-20(18,19)9-3-7(11)4-13-10(9)14-12/h3-5,16H,12H2,1-2H3,(H,13,14). The van der Waals surface area contributed by atoms with Crippen LogP contribution in [0.4, 0.5) is 11.5 Å². The first-order chi connectivity index (χ1) is 9.33. The van der Waals surface area contributed by atoms with Gasteiger partial charge in [-0.15, -0.1) is 0 Å². The highest BCUT2D eigenvalue weighted by molar-refractivity contribution is 9.10. The number of aromatic nitrogens is 3. The number of halogens is 1. The van der Waals surface area contributed by atoms with Crippen LogP contribution in [-0.2, 0) is 17.1 Å². The van der Waals surface area contributed by atoms with Crippen LogP contribution in [0, 0.1) is 6.92 Å². The van der Waals surface area contributed by atoms with Crippen LogP contribution >= 0.6 is 15.9 Å². The van der Waals surface area contributed by atoms with Gasteiger partial charge in [0.1, 0.15) is 4.90 Å². The van der Waals surface area contributed by atoms with Crippen LogP contribution in [0.3, 0.4) is 0 Å². The second-order valence-electron chi connectivity index (χ2n) is 4.05. The van der Waals surface area contributed by atoms with Crippen LogP contribution in [0.15, 0.2) is 27.8 Å². The maximum atomic E-state index is 12.4. The zero-order valence-electron chi connectivity index (χ0n) is 10.8. The lowest BCUT2D eigenvalue weighted by Crippen LogP contribution is -2.18. The fourth-order valence-electron chi connectivity index (χ4n) is 1.63. The summed E-state index contributed by atoms with van der Waals surface area (Å²) in [5.74, 6) is 5.35. The minimum absolute atomic E-state index is 0.0576. The maximum absolute atomic E-state index is 12.4. The lowest BCUT2D eigenvalue weighted by Gasteiger charge is -2.10. The molecule has 0 unspecified atom stereocenters. The topological polar surface area (TPSA) is 115 Å². The molecule has 0 atom stereocenters. The SMILES string of the molecule is Cc1nn(C)cc1NS(=O)(=O)c1cc(Br)cnc1NN. The van der Waals surface area contributed by atoms with Crippen molar-refractivity contribution in [2.45, 2.75) is 11.8 Å². The molecule has 0 aliphatic heterocycles. The summed E-state index contributed by atoms with van der Waals surface area (Å²) in [6.07, 6.45) is 3.03. The van der Waals surface area contributed by atoms with Crippen molar-refractivity contribution in [3.63, 3.8) is 0 Å². The van der Waals surface area contributed by atoms with E-state index >= 15 is 0 Å². The van der Waals surface area contributed by atoms with E-state index in [1.807, 2.05) is 0 Å². The van der Waals surface area contributed by atoms with Gasteiger partial charge < -0.3 is 5.43 Å². The number of aryl methyl sites for hydroxylation is 2. The number of nitrogens with one attached hydrogen (secondary N) is 2. The van der Waals surface area contributed by atoms with E-state index in [0.29, 0.717) is 15.9 Å². The highest BCUT2D eigenvalue weighted by Crippen LogP contribution is 2.25. The van der Waals surface area contributed by atoms with E-state index < -0.39 is 10.0 Å². The number of hydrogen-bond acceptors (Lipinski definition) is 6. The number of hydrogen-bond donors (Lipinski definition) is 3. The first-order valence-electron chi connectivity index (χ1n) is 5.48. The molecule has 20 heavy (non-hydrogen) atoms. The Morgan fingerprint density at radius 1 is 1.45 bits per heavy atom. The van der Waals surface area contributed by atoms with E-state index in [-0.39, 0.29) is 10.7 Å². The molecular weight excluding hydrogens is 348 g/mol. The third kappa shape index (κ3) is 2.92. The van der Waals surface area contributed by atoms with Gasteiger partial charge in [-0.05, 0) is 28.9 Å². The quantitative estimate of drug-likeness (QED) is 0.552. The van der Waals surface area contributed by atoms with E-state index in [2.05, 4.69) is 36.2 Å². The van der Waals surface area contributed by atoms with E-state index in [4.69, 9.17) is 5.84 Å². The van der Waals surface area contributed by atoms with Crippen LogP contribution in [0.2, 0.25) is 0 Å². The van der Waals surface area contributed by atoms with Crippen molar-refractivity contribution in [2.24, 2.45) is 12.9 Å². The molecule has 2 aromatic heterocycles. The average molecular weight is 361 g/mol. The van der Waals surface area contributed by atoms with Crippen molar-refractivity contribution in [2.75, 3.05) is 10.1 Å². The van der Waals surface area contributed by atoms with Crippen LogP contribution in [-0.4, -0.2) is 23.2 Å². The van der Waals surface area contributed by atoms with Gasteiger partial charge in [-0.25, -0.2) is 19.2 Å². The van der Waals surface area contributed by atoms with Crippen LogP contribution in [0.5, 0.6) is 0 Å². The molecule has 0 spiro atoms. The lowest BCUT2D eigenvalue weighted by atomic mass is 10.4. The van der Waals surface area contributed by atoms with Gasteiger partial charge >= 0.3 is 0 Å². The smallest absolute Gasteiger partial charge is 0.265 e. The van der Waals surface area contributed by atoms with Gasteiger partial charge in [-0.3, -0.25) is 9.40 Å². The van der Waals surface area contributed by atoms with Gasteiger partial charge in [0.15, 0.2) is 5.82 Å². The van der Waals surface area contributed by atoms with E-state index in [1.54, 1.807) is 20.2 Å². The minimum Gasteiger partial charge on any atom is -0.307 e. The molecule has 108 valence electrons. The fraction of sp³-hybridized carbons (Fsp3) is 0.200. The van der Waals surface area contributed by atoms with Crippen molar-refractivity contribution in [1.29, 1.82) is 0 Å². The van der Waals surface area contributed by atoms with Crippen molar-refractivity contribution in [3.05, 3.63) is 28.6 Å². The van der Waals surface area contributed by atoms with Crippen LogP contribution in [0.1, 0.15) is 5.69 Å². The Morgan fingerprint density at radius 2 is 2.15 bits per heavy atom. The molecule has 0 aliphatic rings. The third-order valence-electron chi connectivity index (χ3n) is 2.50. The molecule has 4 N–H and O–H groups in total. The average Bonchev–Trinajstić information content (AvgIpc) is 2.67. The predicted molar refractivity (Wildman–Crippen MR) is 78.5 cm³/mol. The van der Waals surface area contributed by atoms with Crippen molar-refractivity contribution in [1.82, 2.24) is 14.8 Å². The van der Waals surface area contributed by atoms with E-state index in [0.717, 1.165) is 0 Å². The fourth-order valence-corrected chi connectivity index (χ4v) is 3.36. The van der Waals surface area contributed by atoms with Crippen molar-refractivity contribution in [3.8, 4) is 0 Å². The normalized spacial score (nSPS) is 11.4. The number of nitrogen functional groups attached to an aromatic ring is 1. The minimum atomic E-state index is -3.83. The molecule has 8 nitrogen and oxygen atoms in total. The molecule has 2 aromatic rings. The molecule has 10 heteroatoms. The molecule has 0 fully saturated rings. The van der Waals surface area contributed by atoms with E-state index in [9.17, 15) is 8.42 Å². The zero-order chi connectivity index (χ0) is 14.9.